The van der Waals surface area contributed by atoms with Gasteiger partial charge in [-0.1, -0.05) is 84.2 Å². The minimum absolute atomic E-state index is 0.0855. The van der Waals surface area contributed by atoms with Crippen molar-refractivity contribution in [2.45, 2.75) is 65.5 Å². The van der Waals surface area contributed by atoms with Crippen LogP contribution in [0.15, 0.2) is 73.6 Å². The van der Waals surface area contributed by atoms with Crippen molar-refractivity contribution < 1.29 is 4.79 Å². The topological polar surface area (TPSA) is 56.4 Å². The van der Waals surface area contributed by atoms with E-state index in [1.165, 1.54) is 11.1 Å². The average molecular weight is 533 g/mol. The van der Waals surface area contributed by atoms with E-state index in [9.17, 15) is 4.79 Å². The molecular weight excluding hydrogens is 480 g/mol. The van der Waals surface area contributed by atoms with Crippen LogP contribution in [0.2, 0.25) is 0 Å². The molecule has 1 amide bonds. The zero-order valence-corrected chi connectivity index (χ0v) is 25.3. The largest absolute Gasteiger partial charge is 0.382 e. The molecule has 0 aliphatic heterocycles. The number of rotatable bonds is 16. The third-order valence-corrected chi connectivity index (χ3v) is 9.44. The summed E-state index contributed by atoms with van der Waals surface area (Å²) in [7, 11) is 4.21. The van der Waals surface area contributed by atoms with Crippen LogP contribution in [0.4, 0.5) is 0 Å². The summed E-state index contributed by atoms with van der Waals surface area (Å²) in [5.41, 5.74) is 5.76. The maximum absolute atomic E-state index is 13.5. The van der Waals surface area contributed by atoms with Gasteiger partial charge in [-0.25, -0.2) is 0 Å². The van der Waals surface area contributed by atoms with E-state index in [4.69, 9.17) is 0 Å². The number of nitrogens with zero attached hydrogens (tertiary/aromatic N) is 1. The molecule has 0 heterocycles. The van der Waals surface area contributed by atoms with Gasteiger partial charge in [0, 0.05) is 43.5 Å². The van der Waals surface area contributed by atoms with E-state index in [0.717, 1.165) is 49.2 Å². The van der Waals surface area contributed by atoms with Gasteiger partial charge in [-0.3, -0.25) is 4.79 Å². The van der Waals surface area contributed by atoms with Crippen molar-refractivity contribution >= 4 is 5.91 Å². The number of hydrogen-bond donors (Lipinski definition) is 3. The van der Waals surface area contributed by atoms with Crippen molar-refractivity contribution in [1.82, 2.24) is 20.9 Å². The molecule has 2 aliphatic carbocycles. The molecule has 5 atom stereocenters. The molecule has 5 nitrogen and oxygen atoms in total. The summed E-state index contributed by atoms with van der Waals surface area (Å²) in [6.07, 6.45) is 5.76. The van der Waals surface area contributed by atoms with E-state index in [1.807, 2.05) is 7.05 Å². The van der Waals surface area contributed by atoms with Gasteiger partial charge < -0.3 is 20.9 Å². The van der Waals surface area contributed by atoms with E-state index in [-0.39, 0.29) is 29.3 Å². The molecule has 1 aromatic rings. The van der Waals surface area contributed by atoms with Gasteiger partial charge in [-0.2, -0.15) is 0 Å². The molecule has 2 aliphatic rings. The van der Waals surface area contributed by atoms with Gasteiger partial charge in [0.2, 0.25) is 5.91 Å². The van der Waals surface area contributed by atoms with E-state index >= 15 is 0 Å². The van der Waals surface area contributed by atoms with Gasteiger partial charge >= 0.3 is 0 Å². The summed E-state index contributed by atoms with van der Waals surface area (Å²) >= 11 is 0. The normalized spacial score (nSPS) is 21.7. The van der Waals surface area contributed by atoms with Gasteiger partial charge in [0.05, 0.1) is 6.04 Å². The van der Waals surface area contributed by atoms with Crippen molar-refractivity contribution in [3.63, 3.8) is 0 Å². The lowest BCUT2D eigenvalue weighted by molar-refractivity contribution is -0.126. The summed E-state index contributed by atoms with van der Waals surface area (Å²) in [6, 6.07) is 8.90. The van der Waals surface area contributed by atoms with Crippen LogP contribution < -0.4 is 16.0 Å². The summed E-state index contributed by atoms with van der Waals surface area (Å²) in [4.78, 5) is 15.8. The molecule has 5 heteroatoms. The molecule has 3 unspecified atom stereocenters. The predicted octanol–water partition coefficient (Wildman–Crippen LogP) is 5.47. The van der Waals surface area contributed by atoms with E-state index in [0.29, 0.717) is 24.3 Å². The highest BCUT2D eigenvalue weighted by molar-refractivity contribution is 5.80. The smallest absolute Gasteiger partial charge is 0.223 e. The first-order valence-corrected chi connectivity index (χ1v) is 14.6. The Balaban J connectivity index is 1.60. The van der Waals surface area contributed by atoms with E-state index in [1.54, 1.807) is 6.08 Å². The second-order valence-electron chi connectivity index (χ2n) is 12.3. The Morgan fingerprint density at radius 3 is 2.33 bits per heavy atom. The van der Waals surface area contributed by atoms with Crippen LogP contribution in [0, 0.1) is 29.1 Å². The molecule has 0 radical (unpaired) electrons. The maximum atomic E-state index is 13.5. The minimum Gasteiger partial charge on any atom is -0.382 e. The van der Waals surface area contributed by atoms with Crippen LogP contribution in [0.3, 0.4) is 0 Å². The summed E-state index contributed by atoms with van der Waals surface area (Å²) in [5, 5.41) is 10.1. The van der Waals surface area contributed by atoms with E-state index in [2.05, 4.69) is 106 Å². The average Bonchev–Trinajstić information content (AvgIpc) is 3.22. The lowest BCUT2D eigenvalue weighted by atomic mass is 9.93. The molecule has 39 heavy (non-hydrogen) atoms. The lowest BCUT2D eigenvalue weighted by Crippen LogP contribution is -2.42. The van der Waals surface area contributed by atoms with Crippen molar-refractivity contribution in [2.24, 2.45) is 29.1 Å². The molecule has 3 N–H and O–H groups in total. The first kappa shape index (κ1) is 30.7. The molecule has 1 fully saturated rings. The number of benzene rings is 1. The lowest BCUT2D eigenvalue weighted by Gasteiger charge is -2.32. The quantitative estimate of drug-likeness (QED) is 0.195. The fourth-order valence-corrected chi connectivity index (χ4v) is 6.89. The second kappa shape index (κ2) is 13.0. The summed E-state index contributed by atoms with van der Waals surface area (Å²) in [5.74, 6) is 1.27. The number of hydrogen-bond acceptors (Lipinski definition) is 4. The van der Waals surface area contributed by atoms with Gasteiger partial charge in [0.15, 0.2) is 0 Å². The van der Waals surface area contributed by atoms with Crippen molar-refractivity contribution in [3.8, 4) is 0 Å². The highest BCUT2D eigenvalue weighted by Crippen LogP contribution is 2.62. The molecule has 1 saturated carbocycles. The molecule has 214 valence electrons. The monoisotopic (exact) mass is 532 g/mol. The Morgan fingerprint density at radius 2 is 1.79 bits per heavy atom. The fraction of sp³-hybridized carbons (Fsp3) is 0.559. The zero-order valence-electron chi connectivity index (χ0n) is 25.3. The SMILES string of the molecule is C=CCNC(=C)C(=C)C(CCC)NC(=O)C(C)[C@@H]1[C@H](CN(C)C(=C)C(NC)C2Cc3ccccc3C2)C1(C)C. The maximum Gasteiger partial charge on any atom is 0.223 e. The standard InChI is InChI=1S/C34H52N4O/c1-11-15-30(22(3)24(5)36-18-12-2)37-33(39)23(4)31-29(34(31,7)8)21-38(10)25(6)32(35-9)28-19-26-16-13-14-17-27(26)20-28/h12-14,16-17,23,28-32,35-36H,2-3,5-6,11,15,18-21H2,1,4,7-10H3,(H,37,39)/t23?,29-,30?,31+,32?/m0/s1. The molecule has 0 spiro atoms. The Bertz CT molecular complexity index is 1050. The molecule has 0 saturated heterocycles. The second-order valence-corrected chi connectivity index (χ2v) is 12.3. The summed E-state index contributed by atoms with van der Waals surface area (Å²) < 4.78 is 0. The number of fused-ring (bicyclic) bond motifs is 1. The number of likely N-dealkylation sites (N-methyl/N-ethyl adjacent to an activating group) is 2. The first-order chi connectivity index (χ1) is 18.5. The molecule has 0 bridgehead atoms. The highest BCUT2D eigenvalue weighted by Gasteiger charge is 2.61. The van der Waals surface area contributed by atoms with E-state index < -0.39 is 0 Å². The fourth-order valence-electron chi connectivity index (χ4n) is 6.89. The summed E-state index contributed by atoms with van der Waals surface area (Å²) in [6.45, 7) is 27.0. The Hall–Kier alpha value is -2.79. The molecular formula is C34H52N4O. The molecule has 0 aromatic heterocycles. The number of amides is 1. The molecule has 3 rings (SSSR count). The van der Waals surface area contributed by atoms with Crippen LogP contribution in [-0.4, -0.2) is 50.1 Å². The van der Waals surface area contributed by atoms with Crippen molar-refractivity contribution in [2.75, 3.05) is 27.2 Å². The first-order valence-electron chi connectivity index (χ1n) is 14.6. The van der Waals surface area contributed by atoms with Crippen molar-refractivity contribution in [3.05, 3.63) is 84.8 Å². The Morgan fingerprint density at radius 1 is 1.18 bits per heavy atom. The van der Waals surface area contributed by atoms with Gasteiger partial charge in [0.25, 0.3) is 0 Å². The number of carbonyl (C=O) groups excluding carboxylic acids is 1. The van der Waals surface area contributed by atoms with Crippen LogP contribution >= 0.6 is 0 Å². The third kappa shape index (κ3) is 6.87. The number of nitrogens with one attached hydrogen (secondary N) is 3. The highest BCUT2D eigenvalue weighted by atomic mass is 16.2. The Kier molecular flexibility index (Phi) is 10.3. The van der Waals surface area contributed by atoms with Crippen LogP contribution in [-0.2, 0) is 17.6 Å². The predicted molar refractivity (Wildman–Crippen MR) is 165 cm³/mol. The van der Waals surface area contributed by atoms with Gasteiger partial charge in [-0.05, 0) is 66.2 Å². The third-order valence-electron chi connectivity index (χ3n) is 9.44. The van der Waals surface area contributed by atoms with Crippen molar-refractivity contribution in [1.29, 1.82) is 0 Å². The van der Waals surface area contributed by atoms with Gasteiger partial charge in [-0.15, -0.1) is 6.58 Å². The zero-order chi connectivity index (χ0) is 28.9. The van der Waals surface area contributed by atoms with Crippen LogP contribution in [0.25, 0.3) is 0 Å². The van der Waals surface area contributed by atoms with Gasteiger partial charge in [0.1, 0.15) is 0 Å². The van der Waals surface area contributed by atoms with Crippen LogP contribution in [0.5, 0.6) is 0 Å². The molecule has 1 aromatic carbocycles. The number of carbonyl (C=O) groups is 1. The Labute approximate surface area is 237 Å². The van der Waals surface area contributed by atoms with Crippen LogP contribution in [0.1, 0.15) is 51.7 Å². The minimum atomic E-state index is -0.121.